The van der Waals surface area contributed by atoms with E-state index in [-0.39, 0.29) is 5.97 Å². The molecule has 0 radical (unpaired) electrons. The zero-order valence-corrected chi connectivity index (χ0v) is 14.5. The molecule has 0 aliphatic heterocycles. The van der Waals surface area contributed by atoms with Crippen molar-refractivity contribution in [1.29, 1.82) is 0 Å². The largest absolute Gasteiger partial charge is 0.508 e. The highest BCUT2D eigenvalue weighted by Gasteiger charge is 2.02. The zero-order valence-electron chi connectivity index (χ0n) is 14.5. The maximum Gasteiger partial charge on any atom is 0.308 e. The molecule has 0 amide bonds. The lowest BCUT2D eigenvalue weighted by Gasteiger charge is -2.07. The smallest absolute Gasteiger partial charge is 0.308 e. The molecule has 23 heavy (non-hydrogen) atoms. The van der Waals surface area contributed by atoms with Gasteiger partial charge in [-0.1, -0.05) is 52.0 Å². The molecule has 2 rings (SSSR count). The molecule has 3 nitrogen and oxygen atoms in total. The zero-order chi connectivity index (χ0) is 17.4. The Morgan fingerprint density at radius 3 is 1.87 bits per heavy atom. The van der Waals surface area contributed by atoms with Crippen LogP contribution in [0.2, 0.25) is 0 Å². The number of carbonyl (C=O) groups is 1. The summed E-state index contributed by atoms with van der Waals surface area (Å²) < 4.78 is 4.97. The number of hydrogen-bond acceptors (Lipinski definition) is 3. The first kappa shape index (κ1) is 18.8. The van der Waals surface area contributed by atoms with E-state index >= 15 is 0 Å². The fourth-order valence-electron chi connectivity index (χ4n) is 1.99. The van der Waals surface area contributed by atoms with Crippen LogP contribution >= 0.6 is 0 Å². The maximum atomic E-state index is 10.7. The van der Waals surface area contributed by atoms with Crippen molar-refractivity contribution in [2.24, 2.45) is 0 Å². The van der Waals surface area contributed by atoms with Gasteiger partial charge in [0.25, 0.3) is 0 Å². The summed E-state index contributed by atoms with van der Waals surface area (Å²) in [6, 6.07) is 15.0. The highest BCUT2D eigenvalue weighted by atomic mass is 16.5. The minimum Gasteiger partial charge on any atom is -0.508 e. The summed E-state index contributed by atoms with van der Waals surface area (Å²) in [7, 11) is 0. The second-order valence-corrected chi connectivity index (χ2v) is 6.07. The van der Waals surface area contributed by atoms with Gasteiger partial charge in [-0.3, -0.25) is 4.79 Å². The van der Waals surface area contributed by atoms with Crippen molar-refractivity contribution >= 4 is 5.97 Å². The van der Waals surface area contributed by atoms with E-state index in [0.717, 1.165) is 0 Å². The molecule has 1 N–H and O–H groups in total. The first-order chi connectivity index (χ1) is 10.8. The van der Waals surface area contributed by atoms with Crippen molar-refractivity contribution in [2.75, 3.05) is 0 Å². The Morgan fingerprint density at radius 2 is 1.43 bits per heavy atom. The summed E-state index contributed by atoms with van der Waals surface area (Å²) >= 11 is 0. The highest BCUT2D eigenvalue weighted by molar-refractivity contribution is 5.69. The third-order valence-electron chi connectivity index (χ3n) is 3.32. The van der Waals surface area contributed by atoms with E-state index in [0.29, 0.717) is 23.3 Å². The topological polar surface area (TPSA) is 46.5 Å². The molecular weight excluding hydrogens is 288 g/mol. The van der Waals surface area contributed by atoms with Gasteiger partial charge in [0.2, 0.25) is 0 Å². The molecule has 0 saturated carbocycles. The second-order valence-electron chi connectivity index (χ2n) is 6.07. The maximum absolute atomic E-state index is 10.7. The Morgan fingerprint density at radius 1 is 0.913 bits per heavy atom. The third kappa shape index (κ3) is 7.00. The lowest BCUT2D eigenvalue weighted by atomic mass is 10.0. The molecule has 0 aliphatic carbocycles. The molecular formula is C20H26O3. The number of ether oxygens (including phenoxy) is 1. The van der Waals surface area contributed by atoms with Crippen molar-refractivity contribution in [3.8, 4) is 11.5 Å². The monoisotopic (exact) mass is 314 g/mol. The Kier molecular flexibility index (Phi) is 7.33. The molecule has 0 heterocycles. The standard InChI is InChI=1S/C11H14O2.C9H12O/c1-8(2)10-5-4-6-11(7-10)13-9(3)12;1-7(2)8-4-3-5-9(10)6-8/h4-8H,1-3H3;3-7,10H,1-2H3. The molecule has 0 atom stereocenters. The summed E-state index contributed by atoms with van der Waals surface area (Å²) in [6.07, 6.45) is 0. The summed E-state index contributed by atoms with van der Waals surface area (Å²) in [5.74, 6) is 1.65. The Hall–Kier alpha value is -2.29. The van der Waals surface area contributed by atoms with E-state index in [1.54, 1.807) is 18.2 Å². The van der Waals surface area contributed by atoms with Gasteiger partial charge in [0.05, 0.1) is 0 Å². The summed E-state index contributed by atoms with van der Waals surface area (Å²) in [6.45, 7) is 9.82. The van der Waals surface area contributed by atoms with Crippen LogP contribution in [0, 0.1) is 0 Å². The van der Waals surface area contributed by atoms with E-state index in [1.807, 2.05) is 30.3 Å². The van der Waals surface area contributed by atoms with Gasteiger partial charge in [-0.05, 0) is 47.2 Å². The van der Waals surface area contributed by atoms with Gasteiger partial charge in [-0.25, -0.2) is 0 Å². The van der Waals surface area contributed by atoms with Crippen LogP contribution in [0.25, 0.3) is 0 Å². The van der Waals surface area contributed by atoms with Crippen LogP contribution in [-0.2, 0) is 4.79 Å². The molecule has 0 saturated heterocycles. The van der Waals surface area contributed by atoms with Crippen molar-refractivity contribution in [2.45, 2.75) is 46.5 Å². The lowest BCUT2D eigenvalue weighted by molar-refractivity contribution is -0.131. The van der Waals surface area contributed by atoms with Crippen LogP contribution in [0.1, 0.15) is 57.6 Å². The quantitative estimate of drug-likeness (QED) is 0.621. The van der Waals surface area contributed by atoms with Gasteiger partial charge in [0.15, 0.2) is 0 Å². The molecule has 0 bridgehead atoms. The summed E-state index contributed by atoms with van der Waals surface area (Å²) in [5.41, 5.74) is 2.36. The number of phenolic OH excluding ortho intramolecular Hbond substituents is 1. The SMILES string of the molecule is CC(=O)Oc1cccc(C(C)C)c1.CC(C)c1cccc(O)c1. The lowest BCUT2D eigenvalue weighted by Crippen LogP contribution is -2.01. The van der Waals surface area contributed by atoms with Crippen molar-refractivity contribution in [1.82, 2.24) is 0 Å². The van der Waals surface area contributed by atoms with Crippen molar-refractivity contribution in [3.63, 3.8) is 0 Å². The Balaban J connectivity index is 0.000000238. The molecule has 0 spiro atoms. The number of aromatic hydroxyl groups is 1. The minimum atomic E-state index is -0.277. The van der Waals surface area contributed by atoms with Crippen LogP contribution < -0.4 is 4.74 Å². The van der Waals surface area contributed by atoms with E-state index in [9.17, 15) is 4.79 Å². The van der Waals surface area contributed by atoms with E-state index in [2.05, 4.69) is 27.7 Å². The predicted octanol–water partition coefficient (Wildman–Crippen LogP) is 5.25. The third-order valence-corrected chi connectivity index (χ3v) is 3.32. The van der Waals surface area contributed by atoms with Crippen LogP contribution in [-0.4, -0.2) is 11.1 Å². The number of carbonyl (C=O) groups excluding carboxylic acids is 1. The van der Waals surface area contributed by atoms with Crippen LogP contribution in [0.15, 0.2) is 48.5 Å². The summed E-state index contributed by atoms with van der Waals surface area (Å²) in [4.78, 5) is 10.7. The number of phenols is 1. The summed E-state index contributed by atoms with van der Waals surface area (Å²) in [5, 5.41) is 9.06. The fraction of sp³-hybridized carbons (Fsp3) is 0.350. The fourth-order valence-corrected chi connectivity index (χ4v) is 1.99. The van der Waals surface area contributed by atoms with Crippen molar-refractivity contribution < 1.29 is 14.6 Å². The van der Waals surface area contributed by atoms with Crippen LogP contribution in [0.4, 0.5) is 0 Å². The first-order valence-corrected chi connectivity index (χ1v) is 7.87. The minimum absolute atomic E-state index is 0.277. The molecule has 0 aromatic heterocycles. The molecule has 0 fully saturated rings. The molecule has 0 aliphatic rings. The Labute approximate surface area is 138 Å². The normalized spacial score (nSPS) is 10.2. The van der Waals surface area contributed by atoms with Crippen molar-refractivity contribution in [3.05, 3.63) is 59.7 Å². The van der Waals surface area contributed by atoms with Crippen LogP contribution in [0.3, 0.4) is 0 Å². The number of rotatable bonds is 3. The van der Waals surface area contributed by atoms with Gasteiger partial charge in [0.1, 0.15) is 11.5 Å². The predicted molar refractivity (Wildman–Crippen MR) is 94.0 cm³/mol. The molecule has 3 heteroatoms. The first-order valence-electron chi connectivity index (χ1n) is 7.87. The number of esters is 1. The van der Waals surface area contributed by atoms with E-state index in [1.165, 1.54) is 18.1 Å². The van der Waals surface area contributed by atoms with Gasteiger partial charge in [-0.2, -0.15) is 0 Å². The van der Waals surface area contributed by atoms with Gasteiger partial charge >= 0.3 is 5.97 Å². The number of benzene rings is 2. The van der Waals surface area contributed by atoms with Crippen LogP contribution in [0.5, 0.6) is 11.5 Å². The highest BCUT2D eigenvalue weighted by Crippen LogP contribution is 2.20. The van der Waals surface area contributed by atoms with Gasteiger partial charge in [0, 0.05) is 6.92 Å². The average Bonchev–Trinajstić information content (AvgIpc) is 2.47. The molecule has 2 aromatic rings. The van der Waals surface area contributed by atoms with Gasteiger partial charge < -0.3 is 9.84 Å². The van der Waals surface area contributed by atoms with E-state index in [4.69, 9.17) is 9.84 Å². The Bertz CT molecular complexity index is 630. The van der Waals surface area contributed by atoms with E-state index < -0.39 is 0 Å². The average molecular weight is 314 g/mol. The van der Waals surface area contributed by atoms with Gasteiger partial charge in [-0.15, -0.1) is 0 Å². The molecule has 124 valence electrons. The number of hydrogen-bond donors (Lipinski definition) is 1. The second kappa shape index (κ2) is 8.99. The molecule has 2 aromatic carbocycles. The molecule has 0 unspecified atom stereocenters.